The van der Waals surface area contributed by atoms with E-state index in [9.17, 15) is 18.0 Å². The molecule has 0 aromatic rings. The van der Waals surface area contributed by atoms with Crippen molar-refractivity contribution in [2.75, 3.05) is 13.2 Å². The van der Waals surface area contributed by atoms with E-state index in [0.717, 1.165) is 12.8 Å². The molecule has 0 fully saturated rings. The van der Waals surface area contributed by atoms with Gasteiger partial charge in [0.15, 0.2) is 5.25 Å². The first-order valence-electron chi connectivity index (χ1n) is 7.40. The van der Waals surface area contributed by atoms with E-state index in [1.165, 1.54) is 0 Å². The molecule has 3 atom stereocenters. The molecule has 0 amide bonds. The Labute approximate surface area is 160 Å². The topological polar surface area (TPSA) is 107 Å². The van der Waals surface area contributed by atoms with Gasteiger partial charge in [-0.15, -0.1) is 0 Å². The number of hydrogen-bond acceptors (Lipinski definition) is 6. The third-order valence-electron chi connectivity index (χ3n) is 3.41. The summed E-state index contributed by atoms with van der Waals surface area (Å²) < 4.78 is 41.4. The molecule has 0 aliphatic heterocycles. The second kappa shape index (κ2) is 12.2. The normalized spacial score (nSPS) is 15.0. The van der Waals surface area contributed by atoms with Gasteiger partial charge >= 0.3 is 11.9 Å². The second-order valence-corrected chi connectivity index (χ2v) is 7.15. The predicted molar refractivity (Wildman–Crippen MR) is 86.5 cm³/mol. The van der Waals surface area contributed by atoms with Gasteiger partial charge in [-0.05, 0) is 11.8 Å². The number of ether oxygens (including phenoxy) is 2. The second-order valence-electron chi connectivity index (χ2n) is 5.55. The van der Waals surface area contributed by atoms with E-state index in [-0.39, 0.29) is 54.6 Å². The zero-order valence-corrected chi connectivity index (χ0v) is 17.4. The van der Waals surface area contributed by atoms with Crippen molar-refractivity contribution in [1.29, 1.82) is 0 Å². The number of esters is 2. The standard InChI is InChI=1S/C14H26O7S.Na/c1-5-10(3)8-20-13(15)7-12(22(17,18)19)14(16)21-9-11(4)6-2;/h10-12H,5-9H2,1-4H3,(H,17,18,19);. The molecule has 0 rings (SSSR count). The number of carbonyl (C=O) groups excluding carboxylic acids is 2. The van der Waals surface area contributed by atoms with Gasteiger partial charge in [0.2, 0.25) is 0 Å². The summed E-state index contributed by atoms with van der Waals surface area (Å²) in [6, 6.07) is 0. The first-order chi connectivity index (χ1) is 10.1. The van der Waals surface area contributed by atoms with E-state index >= 15 is 0 Å². The van der Waals surface area contributed by atoms with E-state index in [1.807, 2.05) is 27.7 Å². The molecular weight excluding hydrogens is 335 g/mol. The van der Waals surface area contributed by atoms with Gasteiger partial charge in [0.1, 0.15) is 0 Å². The maximum atomic E-state index is 11.8. The van der Waals surface area contributed by atoms with Gasteiger partial charge in [0.05, 0.1) is 19.6 Å². The van der Waals surface area contributed by atoms with Gasteiger partial charge in [0, 0.05) is 29.6 Å². The minimum atomic E-state index is -4.73. The molecular formula is C14H26NaO7S. The molecule has 0 saturated carbocycles. The van der Waals surface area contributed by atoms with Crippen LogP contribution in [0.5, 0.6) is 0 Å². The quantitative estimate of drug-likeness (QED) is 0.356. The van der Waals surface area contributed by atoms with Crippen molar-refractivity contribution in [2.24, 2.45) is 11.8 Å². The predicted octanol–water partition coefficient (Wildman–Crippen LogP) is 1.43. The zero-order chi connectivity index (χ0) is 17.3. The largest absolute Gasteiger partial charge is 0.465 e. The third kappa shape index (κ3) is 11.1. The van der Waals surface area contributed by atoms with Crippen LogP contribution in [0.3, 0.4) is 0 Å². The monoisotopic (exact) mass is 361 g/mol. The number of rotatable bonds is 10. The molecule has 9 heteroatoms. The van der Waals surface area contributed by atoms with Crippen LogP contribution < -0.4 is 0 Å². The Hall–Kier alpha value is -0.150. The summed E-state index contributed by atoms with van der Waals surface area (Å²) in [5.74, 6) is -1.81. The Bertz CT molecular complexity index is 464. The molecule has 1 N–H and O–H groups in total. The summed E-state index contributed by atoms with van der Waals surface area (Å²) in [6.45, 7) is 7.68. The van der Waals surface area contributed by atoms with Gasteiger partial charge < -0.3 is 9.47 Å². The van der Waals surface area contributed by atoms with Crippen molar-refractivity contribution in [3.8, 4) is 0 Å². The molecule has 0 heterocycles. The average Bonchev–Trinajstić information content (AvgIpc) is 2.45. The Morgan fingerprint density at radius 2 is 1.43 bits per heavy atom. The molecule has 0 bridgehead atoms. The van der Waals surface area contributed by atoms with E-state index in [2.05, 4.69) is 0 Å². The summed E-state index contributed by atoms with van der Waals surface area (Å²) in [5, 5.41) is -1.94. The third-order valence-corrected chi connectivity index (χ3v) is 4.49. The molecule has 1 radical (unpaired) electrons. The van der Waals surface area contributed by atoms with Gasteiger partial charge in [0.25, 0.3) is 10.1 Å². The summed E-state index contributed by atoms with van der Waals surface area (Å²) in [5.41, 5.74) is 0. The number of hydrogen-bond donors (Lipinski definition) is 1. The van der Waals surface area contributed by atoms with E-state index in [4.69, 9.17) is 14.0 Å². The summed E-state index contributed by atoms with van der Waals surface area (Å²) in [4.78, 5) is 23.4. The fourth-order valence-corrected chi connectivity index (χ4v) is 1.97. The fraction of sp³-hybridized carbons (Fsp3) is 0.857. The van der Waals surface area contributed by atoms with Crippen molar-refractivity contribution < 1.29 is 32.0 Å². The molecule has 0 aromatic carbocycles. The molecule has 0 spiro atoms. The molecule has 3 unspecified atom stereocenters. The maximum absolute atomic E-state index is 11.8. The van der Waals surface area contributed by atoms with E-state index < -0.39 is 33.7 Å². The fourth-order valence-electron chi connectivity index (χ4n) is 1.31. The smallest absolute Gasteiger partial charge is 0.327 e. The minimum Gasteiger partial charge on any atom is -0.465 e. The van der Waals surface area contributed by atoms with Crippen LogP contribution in [0.2, 0.25) is 0 Å². The van der Waals surface area contributed by atoms with Crippen molar-refractivity contribution >= 4 is 51.6 Å². The van der Waals surface area contributed by atoms with Crippen LogP contribution in [0.1, 0.15) is 47.0 Å². The SMILES string of the molecule is CCC(C)COC(=O)CC(C(=O)OCC(C)CC)S(=O)(=O)O.[Na]. The maximum Gasteiger partial charge on any atom is 0.327 e. The summed E-state index contributed by atoms with van der Waals surface area (Å²) in [6.07, 6.45) is 0.793. The van der Waals surface area contributed by atoms with Gasteiger partial charge in [-0.1, -0.05) is 40.5 Å². The van der Waals surface area contributed by atoms with E-state index in [1.54, 1.807) is 0 Å². The van der Waals surface area contributed by atoms with Crippen LogP contribution in [0.15, 0.2) is 0 Å². The van der Waals surface area contributed by atoms with Gasteiger partial charge in [-0.3, -0.25) is 14.1 Å². The van der Waals surface area contributed by atoms with Crippen molar-refractivity contribution in [3.05, 3.63) is 0 Å². The first-order valence-corrected chi connectivity index (χ1v) is 8.90. The van der Waals surface area contributed by atoms with Crippen molar-refractivity contribution in [1.82, 2.24) is 0 Å². The van der Waals surface area contributed by atoms with Gasteiger partial charge in [-0.25, -0.2) is 0 Å². The molecule has 0 aromatic heterocycles. The Kier molecular flexibility index (Phi) is 13.4. The Morgan fingerprint density at radius 1 is 1.00 bits per heavy atom. The van der Waals surface area contributed by atoms with Crippen LogP contribution in [0.4, 0.5) is 0 Å². The van der Waals surface area contributed by atoms with Gasteiger partial charge in [-0.2, -0.15) is 8.42 Å². The van der Waals surface area contributed by atoms with Crippen LogP contribution in [-0.2, 0) is 29.2 Å². The van der Waals surface area contributed by atoms with Crippen LogP contribution in [0, 0.1) is 11.8 Å². The van der Waals surface area contributed by atoms with Crippen LogP contribution in [0.25, 0.3) is 0 Å². The molecule has 0 aliphatic carbocycles. The van der Waals surface area contributed by atoms with Crippen molar-refractivity contribution in [2.45, 2.75) is 52.2 Å². The summed E-state index contributed by atoms with van der Waals surface area (Å²) in [7, 11) is -4.73. The van der Waals surface area contributed by atoms with Crippen LogP contribution in [-0.4, -0.2) is 72.9 Å². The van der Waals surface area contributed by atoms with E-state index in [0.29, 0.717) is 0 Å². The Morgan fingerprint density at radius 3 is 1.83 bits per heavy atom. The molecule has 131 valence electrons. The first kappa shape index (κ1) is 25.1. The Balaban J connectivity index is 0. The van der Waals surface area contributed by atoms with Crippen molar-refractivity contribution in [3.63, 3.8) is 0 Å². The minimum absolute atomic E-state index is 0. The van der Waals surface area contributed by atoms with Crippen LogP contribution >= 0.6 is 0 Å². The molecule has 7 nitrogen and oxygen atoms in total. The number of carbonyl (C=O) groups is 2. The average molecular weight is 361 g/mol. The molecule has 0 saturated heterocycles. The molecule has 23 heavy (non-hydrogen) atoms. The zero-order valence-electron chi connectivity index (χ0n) is 14.6. The molecule has 0 aliphatic rings. The summed E-state index contributed by atoms with van der Waals surface area (Å²) >= 11 is 0.